The molecule has 2 aromatic carbocycles. The van der Waals surface area contributed by atoms with Crippen molar-refractivity contribution >= 4 is 16.7 Å². The number of methoxy groups -OCH3 is 3. The van der Waals surface area contributed by atoms with Gasteiger partial charge in [-0.2, -0.15) is 0 Å². The van der Waals surface area contributed by atoms with E-state index >= 15 is 0 Å². The number of benzene rings is 2. The first-order valence-corrected chi connectivity index (χ1v) is 9.27. The van der Waals surface area contributed by atoms with Crippen molar-refractivity contribution in [2.45, 2.75) is 13.0 Å². The second-order valence-electron chi connectivity index (χ2n) is 6.97. The Morgan fingerprint density at radius 2 is 1.79 bits per heavy atom. The number of ether oxygens (including phenoxy) is 3. The maximum Gasteiger partial charge on any atom is 0.178 e. The minimum absolute atomic E-state index is 0.100. The molecule has 2 heterocycles. The molecule has 1 aliphatic rings. The predicted molar refractivity (Wildman–Crippen MR) is 108 cm³/mol. The van der Waals surface area contributed by atoms with Gasteiger partial charge in [0.1, 0.15) is 5.75 Å². The van der Waals surface area contributed by atoms with Crippen LogP contribution in [0.3, 0.4) is 0 Å². The summed E-state index contributed by atoms with van der Waals surface area (Å²) in [5.74, 6) is 2.31. The van der Waals surface area contributed by atoms with Gasteiger partial charge in [0.05, 0.1) is 27.9 Å². The highest BCUT2D eigenvalue weighted by Gasteiger charge is 2.22. The number of fused-ring (bicyclic) bond motifs is 2. The minimum Gasteiger partial charge on any atom is -0.497 e. The molecule has 0 spiro atoms. The topological polar surface area (TPSA) is 63.8 Å². The lowest BCUT2D eigenvalue weighted by molar-refractivity contribution is 0.0923. The van der Waals surface area contributed by atoms with E-state index in [9.17, 15) is 4.79 Å². The van der Waals surface area contributed by atoms with Crippen LogP contribution in [0.2, 0.25) is 0 Å². The Kier molecular flexibility index (Phi) is 4.96. The normalized spacial score (nSPS) is 14.0. The summed E-state index contributed by atoms with van der Waals surface area (Å²) < 4.78 is 16.1. The van der Waals surface area contributed by atoms with Crippen LogP contribution >= 0.6 is 0 Å². The molecule has 0 radical (unpaired) electrons. The van der Waals surface area contributed by atoms with Crippen molar-refractivity contribution in [1.82, 2.24) is 9.88 Å². The molecule has 1 aromatic heterocycles. The highest BCUT2D eigenvalue weighted by molar-refractivity contribution is 6.09. The van der Waals surface area contributed by atoms with Gasteiger partial charge in [-0.3, -0.25) is 9.69 Å². The highest BCUT2D eigenvalue weighted by Crippen LogP contribution is 2.33. The molecule has 0 bridgehead atoms. The van der Waals surface area contributed by atoms with E-state index in [4.69, 9.17) is 14.2 Å². The molecule has 1 N–H and O–H groups in total. The largest absolute Gasteiger partial charge is 0.497 e. The number of carbonyl (C=O) groups is 1. The van der Waals surface area contributed by atoms with Gasteiger partial charge in [0.25, 0.3) is 0 Å². The average Bonchev–Trinajstić information content (AvgIpc) is 3.15. The lowest BCUT2D eigenvalue weighted by Crippen LogP contribution is -2.34. The van der Waals surface area contributed by atoms with Crippen molar-refractivity contribution in [3.8, 4) is 17.2 Å². The first-order valence-electron chi connectivity index (χ1n) is 9.27. The van der Waals surface area contributed by atoms with Gasteiger partial charge in [0.15, 0.2) is 17.3 Å². The Bertz CT molecular complexity index is 1020. The summed E-state index contributed by atoms with van der Waals surface area (Å²) >= 11 is 0. The fraction of sp³-hybridized carbons (Fsp3) is 0.318. The van der Waals surface area contributed by atoms with Crippen LogP contribution in [0.15, 0.2) is 36.5 Å². The zero-order valence-corrected chi connectivity index (χ0v) is 16.4. The van der Waals surface area contributed by atoms with Gasteiger partial charge in [-0.05, 0) is 47.9 Å². The van der Waals surface area contributed by atoms with Gasteiger partial charge in [-0.25, -0.2) is 0 Å². The van der Waals surface area contributed by atoms with Crippen LogP contribution in [0, 0.1) is 0 Å². The van der Waals surface area contributed by atoms with Gasteiger partial charge in [0, 0.05) is 35.8 Å². The summed E-state index contributed by atoms with van der Waals surface area (Å²) in [5, 5.41) is 0.896. The molecule has 0 aliphatic carbocycles. The molecule has 0 atom stereocenters. The number of H-pyrrole nitrogens is 1. The fourth-order valence-electron chi connectivity index (χ4n) is 3.82. The van der Waals surface area contributed by atoms with E-state index in [0.29, 0.717) is 18.7 Å². The molecule has 0 saturated heterocycles. The third-order valence-corrected chi connectivity index (χ3v) is 5.35. The number of aromatic nitrogens is 1. The van der Waals surface area contributed by atoms with Crippen LogP contribution in [0.5, 0.6) is 17.2 Å². The molecular weight excluding hydrogens is 356 g/mol. The van der Waals surface area contributed by atoms with Crippen molar-refractivity contribution in [2.75, 3.05) is 34.4 Å². The zero-order chi connectivity index (χ0) is 19.7. The van der Waals surface area contributed by atoms with E-state index in [1.54, 1.807) is 27.5 Å². The number of ketones is 1. The number of aromatic amines is 1. The molecule has 6 heteroatoms. The molecule has 4 rings (SSSR count). The van der Waals surface area contributed by atoms with Crippen molar-refractivity contribution in [2.24, 2.45) is 0 Å². The Hall–Kier alpha value is -2.99. The van der Waals surface area contributed by atoms with Crippen molar-refractivity contribution < 1.29 is 19.0 Å². The molecule has 3 aromatic rings. The standard InChI is InChI=1S/C22H24N2O4/c1-26-16-4-5-19-17(10-16)18(11-23-19)20(25)13-24-7-6-14-8-21(27-2)22(28-3)9-15(14)12-24/h4-5,8-11,23H,6-7,12-13H2,1-3H3. The Morgan fingerprint density at radius 1 is 1.04 bits per heavy atom. The fourth-order valence-corrected chi connectivity index (χ4v) is 3.82. The second-order valence-corrected chi connectivity index (χ2v) is 6.97. The summed E-state index contributed by atoms with van der Waals surface area (Å²) in [6.45, 7) is 1.92. The van der Waals surface area contributed by atoms with Crippen molar-refractivity contribution in [3.05, 3.63) is 53.2 Å². The molecule has 146 valence electrons. The summed E-state index contributed by atoms with van der Waals surface area (Å²) in [5.41, 5.74) is 4.06. The maximum absolute atomic E-state index is 13.0. The summed E-state index contributed by atoms with van der Waals surface area (Å²) in [7, 11) is 4.91. The lowest BCUT2D eigenvalue weighted by Gasteiger charge is -2.29. The number of nitrogens with zero attached hydrogens (tertiary/aromatic N) is 1. The minimum atomic E-state index is 0.100. The van der Waals surface area contributed by atoms with Crippen LogP contribution in [0.25, 0.3) is 10.9 Å². The van der Waals surface area contributed by atoms with Crippen LogP contribution in [-0.4, -0.2) is 50.1 Å². The average molecular weight is 380 g/mol. The van der Waals surface area contributed by atoms with Gasteiger partial charge in [0.2, 0.25) is 0 Å². The smallest absolute Gasteiger partial charge is 0.178 e. The van der Waals surface area contributed by atoms with Crippen LogP contribution in [0.4, 0.5) is 0 Å². The molecule has 6 nitrogen and oxygen atoms in total. The molecule has 0 amide bonds. The third-order valence-electron chi connectivity index (χ3n) is 5.35. The Morgan fingerprint density at radius 3 is 2.50 bits per heavy atom. The number of hydrogen-bond acceptors (Lipinski definition) is 5. The molecular formula is C22H24N2O4. The quantitative estimate of drug-likeness (QED) is 0.664. The van der Waals surface area contributed by atoms with E-state index in [1.807, 2.05) is 30.3 Å². The second kappa shape index (κ2) is 7.56. The Labute approximate surface area is 164 Å². The van der Waals surface area contributed by atoms with Gasteiger partial charge < -0.3 is 19.2 Å². The number of carbonyl (C=O) groups excluding carboxylic acids is 1. The summed E-state index contributed by atoms with van der Waals surface area (Å²) in [6, 6.07) is 9.78. The molecule has 28 heavy (non-hydrogen) atoms. The number of nitrogens with one attached hydrogen (secondary N) is 1. The number of hydrogen-bond donors (Lipinski definition) is 1. The van der Waals surface area contributed by atoms with Gasteiger partial charge >= 0.3 is 0 Å². The predicted octanol–water partition coefficient (Wildman–Crippen LogP) is 3.43. The van der Waals surface area contributed by atoms with E-state index in [1.165, 1.54) is 11.1 Å². The van der Waals surface area contributed by atoms with Crippen LogP contribution in [-0.2, 0) is 13.0 Å². The molecule has 0 unspecified atom stereocenters. The molecule has 0 fully saturated rings. The van der Waals surface area contributed by atoms with Crippen molar-refractivity contribution in [1.29, 1.82) is 0 Å². The monoisotopic (exact) mass is 380 g/mol. The van der Waals surface area contributed by atoms with Gasteiger partial charge in [-0.15, -0.1) is 0 Å². The lowest BCUT2D eigenvalue weighted by atomic mass is 9.98. The SMILES string of the molecule is COc1ccc2[nH]cc(C(=O)CN3CCc4cc(OC)c(OC)cc4C3)c2c1. The van der Waals surface area contributed by atoms with Crippen LogP contribution in [0.1, 0.15) is 21.5 Å². The van der Waals surface area contributed by atoms with Gasteiger partial charge in [-0.1, -0.05) is 0 Å². The molecule has 1 aliphatic heterocycles. The zero-order valence-electron chi connectivity index (χ0n) is 16.4. The number of rotatable bonds is 6. The van der Waals surface area contributed by atoms with Crippen molar-refractivity contribution in [3.63, 3.8) is 0 Å². The summed E-state index contributed by atoms with van der Waals surface area (Å²) in [6.07, 6.45) is 2.67. The highest BCUT2D eigenvalue weighted by atomic mass is 16.5. The third kappa shape index (κ3) is 3.31. The van der Waals surface area contributed by atoms with E-state index < -0.39 is 0 Å². The first kappa shape index (κ1) is 18.4. The molecule has 0 saturated carbocycles. The van der Waals surface area contributed by atoms with E-state index in [0.717, 1.165) is 41.1 Å². The van der Waals surface area contributed by atoms with Crippen LogP contribution < -0.4 is 14.2 Å². The summed E-state index contributed by atoms with van der Waals surface area (Å²) in [4.78, 5) is 18.3. The number of Topliss-reactive ketones (excluding diaryl/α,β-unsaturated/α-hetero) is 1. The Balaban J connectivity index is 1.54. The first-order chi connectivity index (χ1) is 13.6. The maximum atomic E-state index is 13.0. The van der Waals surface area contributed by atoms with E-state index in [-0.39, 0.29) is 5.78 Å². The van der Waals surface area contributed by atoms with E-state index in [2.05, 4.69) is 9.88 Å².